The van der Waals surface area contributed by atoms with Crippen molar-refractivity contribution in [3.8, 4) is 0 Å². The van der Waals surface area contributed by atoms with Gasteiger partial charge in [-0.1, -0.05) is 25.0 Å². The molecule has 2 aromatic carbocycles. The lowest BCUT2D eigenvalue weighted by molar-refractivity contribution is -0.384. The first-order valence-corrected chi connectivity index (χ1v) is 9.48. The Labute approximate surface area is 156 Å². The van der Waals surface area contributed by atoms with Gasteiger partial charge in [0.2, 0.25) is 0 Å². The van der Waals surface area contributed by atoms with Crippen LogP contribution in [0.15, 0.2) is 53.4 Å². The molecule has 0 aliphatic carbocycles. The third-order valence-electron chi connectivity index (χ3n) is 4.21. The highest BCUT2D eigenvalue weighted by molar-refractivity contribution is 7.97. The fraction of sp³-hybridized carbons (Fsp3) is 0.316. The number of anilines is 1. The quantitative estimate of drug-likeness (QED) is 0.467. The van der Waals surface area contributed by atoms with Crippen molar-refractivity contribution < 1.29 is 9.72 Å². The first-order chi connectivity index (χ1) is 12.6. The zero-order valence-corrected chi connectivity index (χ0v) is 15.2. The van der Waals surface area contributed by atoms with Crippen molar-refractivity contribution in [3.05, 3.63) is 64.2 Å². The molecule has 2 aromatic rings. The maximum atomic E-state index is 12.5. The number of carbonyl (C=O) groups is 1. The average molecular weight is 371 g/mol. The first-order valence-electron chi connectivity index (χ1n) is 8.70. The van der Waals surface area contributed by atoms with Crippen molar-refractivity contribution in [1.82, 2.24) is 4.31 Å². The van der Waals surface area contributed by atoms with Gasteiger partial charge in [-0.15, -0.1) is 0 Å². The van der Waals surface area contributed by atoms with Gasteiger partial charge in [0.1, 0.15) is 0 Å². The van der Waals surface area contributed by atoms with Crippen LogP contribution in [0.25, 0.3) is 0 Å². The van der Waals surface area contributed by atoms with E-state index < -0.39 is 4.92 Å². The van der Waals surface area contributed by atoms with Gasteiger partial charge in [-0.3, -0.25) is 14.9 Å². The fourth-order valence-electron chi connectivity index (χ4n) is 2.88. The van der Waals surface area contributed by atoms with E-state index >= 15 is 0 Å². The number of nitrogens with one attached hydrogen (secondary N) is 1. The zero-order valence-electron chi connectivity index (χ0n) is 14.4. The van der Waals surface area contributed by atoms with Gasteiger partial charge in [-0.25, -0.2) is 4.31 Å². The van der Waals surface area contributed by atoms with E-state index in [-0.39, 0.29) is 11.6 Å². The summed E-state index contributed by atoms with van der Waals surface area (Å²) in [6, 6.07) is 13.4. The second kappa shape index (κ2) is 8.82. The molecule has 0 unspecified atom stereocenters. The second-order valence-corrected chi connectivity index (χ2v) is 7.39. The molecule has 136 valence electrons. The van der Waals surface area contributed by atoms with Gasteiger partial charge in [-0.05, 0) is 49.1 Å². The molecule has 0 spiro atoms. The maximum absolute atomic E-state index is 12.5. The van der Waals surface area contributed by atoms with Crippen LogP contribution < -0.4 is 5.32 Å². The normalized spacial score (nSPS) is 15.2. The van der Waals surface area contributed by atoms with Gasteiger partial charge in [-0.2, -0.15) is 0 Å². The highest BCUT2D eigenvalue weighted by atomic mass is 32.2. The van der Waals surface area contributed by atoms with E-state index in [4.69, 9.17) is 0 Å². The van der Waals surface area contributed by atoms with E-state index in [1.54, 1.807) is 30.1 Å². The van der Waals surface area contributed by atoms with Gasteiger partial charge in [0.05, 0.1) is 4.92 Å². The minimum absolute atomic E-state index is 0.0479. The molecule has 0 aromatic heterocycles. The third-order valence-corrected chi connectivity index (χ3v) is 5.30. The summed E-state index contributed by atoms with van der Waals surface area (Å²) in [6.07, 6.45) is 4.98. The lowest BCUT2D eigenvalue weighted by Crippen LogP contribution is -2.16. The Hall–Kier alpha value is -2.38. The fourth-order valence-corrected chi connectivity index (χ4v) is 3.93. The lowest BCUT2D eigenvalue weighted by atomic mass is 10.2. The molecule has 26 heavy (non-hydrogen) atoms. The van der Waals surface area contributed by atoms with Crippen LogP contribution in [-0.2, 0) is 0 Å². The molecule has 1 saturated heterocycles. The molecule has 1 N–H and O–H groups in total. The van der Waals surface area contributed by atoms with E-state index in [0.29, 0.717) is 11.3 Å². The van der Waals surface area contributed by atoms with Crippen LogP contribution in [0.2, 0.25) is 0 Å². The van der Waals surface area contributed by atoms with Crippen molar-refractivity contribution in [3.63, 3.8) is 0 Å². The van der Waals surface area contributed by atoms with Crippen molar-refractivity contribution >= 4 is 29.2 Å². The lowest BCUT2D eigenvalue weighted by Gasteiger charge is -2.18. The molecule has 0 atom stereocenters. The summed E-state index contributed by atoms with van der Waals surface area (Å²) in [6.45, 7) is 2.13. The predicted octanol–water partition coefficient (Wildman–Crippen LogP) is 4.73. The van der Waals surface area contributed by atoms with Gasteiger partial charge < -0.3 is 5.32 Å². The first kappa shape index (κ1) is 18.4. The number of nitrogens with zero attached hydrogens (tertiary/aromatic N) is 2. The van der Waals surface area contributed by atoms with Crippen LogP contribution in [0.1, 0.15) is 36.0 Å². The minimum Gasteiger partial charge on any atom is -0.322 e. The molecule has 0 radical (unpaired) electrons. The van der Waals surface area contributed by atoms with Crippen LogP contribution in [0.5, 0.6) is 0 Å². The van der Waals surface area contributed by atoms with Gasteiger partial charge in [0.15, 0.2) is 0 Å². The molecule has 1 amide bonds. The van der Waals surface area contributed by atoms with Gasteiger partial charge in [0.25, 0.3) is 11.6 Å². The SMILES string of the molecule is O=C(Nc1cccc([N+](=O)[O-])c1)c1cccc(SN2CCCCCC2)c1. The van der Waals surface area contributed by atoms with Crippen LogP contribution in [-0.4, -0.2) is 28.2 Å². The predicted molar refractivity (Wildman–Crippen MR) is 103 cm³/mol. The highest BCUT2D eigenvalue weighted by Gasteiger charge is 2.13. The second-order valence-electron chi connectivity index (χ2n) is 6.22. The summed E-state index contributed by atoms with van der Waals surface area (Å²) in [5.41, 5.74) is 0.902. The number of rotatable bonds is 5. The van der Waals surface area contributed by atoms with Crippen molar-refractivity contribution in [2.75, 3.05) is 18.4 Å². The largest absolute Gasteiger partial charge is 0.322 e. The zero-order chi connectivity index (χ0) is 18.4. The molecule has 1 aliphatic rings. The summed E-state index contributed by atoms with van der Waals surface area (Å²) < 4.78 is 2.35. The Morgan fingerprint density at radius 3 is 2.50 bits per heavy atom. The van der Waals surface area contributed by atoms with E-state index in [1.165, 1.54) is 37.8 Å². The Kier molecular flexibility index (Phi) is 6.25. The van der Waals surface area contributed by atoms with E-state index in [0.717, 1.165) is 18.0 Å². The topological polar surface area (TPSA) is 75.5 Å². The van der Waals surface area contributed by atoms with E-state index in [2.05, 4.69) is 9.62 Å². The molecule has 7 heteroatoms. The van der Waals surface area contributed by atoms with Crippen molar-refractivity contribution in [2.24, 2.45) is 0 Å². The molecule has 3 rings (SSSR count). The molecule has 6 nitrogen and oxygen atoms in total. The molecular formula is C19H21N3O3S. The molecule has 1 aliphatic heterocycles. The third kappa shape index (κ3) is 5.06. The summed E-state index contributed by atoms with van der Waals surface area (Å²) in [4.78, 5) is 23.9. The Balaban J connectivity index is 1.68. The number of nitro benzene ring substituents is 1. The smallest absolute Gasteiger partial charge is 0.271 e. The standard InChI is InChI=1S/C19H21N3O3S/c23-19(20-16-8-6-9-17(14-16)22(24)25)15-7-5-10-18(13-15)26-21-11-3-1-2-4-12-21/h5-10,13-14H,1-4,11-12H2,(H,20,23). The number of hydrogen-bond acceptors (Lipinski definition) is 5. The van der Waals surface area contributed by atoms with E-state index in [1.807, 2.05) is 18.2 Å². The summed E-state index contributed by atoms with van der Waals surface area (Å²) in [5.74, 6) is -0.274. The summed E-state index contributed by atoms with van der Waals surface area (Å²) in [5, 5.41) is 13.6. The molecule has 0 bridgehead atoms. The van der Waals surface area contributed by atoms with Gasteiger partial charge in [0, 0.05) is 41.4 Å². The van der Waals surface area contributed by atoms with E-state index in [9.17, 15) is 14.9 Å². The van der Waals surface area contributed by atoms with Crippen molar-refractivity contribution in [2.45, 2.75) is 30.6 Å². The number of non-ortho nitro benzene ring substituents is 1. The molecule has 1 heterocycles. The Bertz CT molecular complexity index is 789. The van der Waals surface area contributed by atoms with Gasteiger partial charge >= 0.3 is 0 Å². The summed E-state index contributed by atoms with van der Waals surface area (Å²) >= 11 is 1.69. The van der Waals surface area contributed by atoms with Crippen LogP contribution >= 0.6 is 11.9 Å². The number of carbonyl (C=O) groups excluding carboxylic acids is 1. The number of nitro groups is 1. The molecular weight excluding hydrogens is 350 g/mol. The number of benzene rings is 2. The number of hydrogen-bond donors (Lipinski definition) is 1. The Morgan fingerprint density at radius 2 is 1.77 bits per heavy atom. The summed E-state index contributed by atoms with van der Waals surface area (Å²) in [7, 11) is 0. The average Bonchev–Trinajstić information content (AvgIpc) is 2.91. The minimum atomic E-state index is -0.478. The van der Waals surface area contributed by atoms with Crippen LogP contribution in [0.4, 0.5) is 11.4 Å². The monoisotopic (exact) mass is 371 g/mol. The molecule has 0 saturated carbocycles. The molecule has 1 fully saturated rings. The van der Waals surface area contributed by atoms with Crippen molar-refractivity contribution in [1.29, 1.82) is 0 Å². The highest BCUT2D eigenvalue weighted by Crippen LogP contribution is 2.27. The van der Waals surface area contributed by atoms with Crippen LogP contribution in [0, 0.1) is 10.1 Å². The Morgan fingerprint density at radius 1 is 1.04 bits per heavy atom. The number of amides is 1. The maximum Gasteiger partial charge on any atom is 0.271 e. The van der Waals surface area contributed by atoms with Crippen LogP contribution in [0.3, 0.4) is 0 Å².